The second-order valence-corrected chi connectivity index (χ2v) is 9.11. The molecule has 0 aliphatic carbocycles. The molecular weight excluding hydrogens is 464 g/mol. The maximum atomic E-state index is 13.0. The molecule has 0 atom stereocenters. The number of ketones is 1. The van der Waals surface area contributed by atoms with Crippen LogP contribution in [0.3, 0.4) is 0 Å². The van der Waals surface area contributed by atoms with Crippen molar-refractivity contribution in [3.05, 3.63) is 88.4 Å². The SMILES string of the molecule is CCNS(=O)(=O)c1cc(C(=O)Nc2ccc(Cl)cc2C(=O)c2ccccc2)ccc1OCC. The number of sulfonamides is 1. The van der Waals surface area contributed by atoms with Crippen molar-refractivity contribution < 1.29 is 22.7 Å². The van der Waals surface area contributed by atoms with Crippen LogP contribution in [0.5, 0.6) is 5.75 Å². The van der Waals surface area contributed by atoms with Crippen LogP contribution in [0.15, 0.2) is 71.6 Å². The lowest BCUT2D eigenvalue weighted by atomic mass is 10.0. The number of ether oxygens (including phenoxy) is 1. The number of rotatable bonds is 9. The Bertz CT molecular complexity index is 1280. The normalized spacial score (nSPS) is 11.1. The summed E-state index contributed by atoms with van der Waals surface area (Å²) in [5, 5.41) is 3.03. The summed E-state index contributed by atoms with van der Waals surface area (Å²) in [4.78, 5) is 25.9. The Morgan fingerprint density at radius 3 is 2.33 bits per heavy atom. The maximum absolute atomic E-state index is 13.0. The van der Waals surface area contributed by atoms with Crippen molar-refractivity contribution in [3.8, 4) is 5.75 Å². The monoisotopic (exact) mass is 486 g/mol. The minimum absolute atomic E-state index is 0.0861. The number of benzene rings is 3. The summed E-state index contributed by atoms with van der Waals surface area (Å²) in [6, 6.07) is 17.3. The lowest BCUT2D eigenvalue weighted by Crippen LogP contribution is -2.24. The van der Waals surface area contributed by atoms with E-state index in [-0.39, 0.29) is 46.4 Å². The third-order valence-corrected chi connectivity index (χ3v) is 6.44. The molecule has 0 aromatic heterocycles. The summed E-state index contributed by atoms with van der Waals surface area (Å²) in [5.41, 5.74) is 0.995. The first-order valence-electron chi connectivity index (χ1n) is 10.2. The molecule has 7 nitrogen and oxygen atoms in total. The topological polar surface area (TPSA) is 102 Å². The summed E-state index contributed by atoms with van der Waals surface area (Å²) < 4.78 is 33.1. The molecule has 3 aromatic carbocycles. The highest BCUT2D eigenvalue weighted by molar-refractivity contribution is 7.89. The fraction of sp³-hybridized carbons (Fsp3) is 0.167. The van der Waals surface area contributed by atoms with Gasteiger partial charge in [-0.2, -0.15) is 0 Å². The van der Waals surface area contributed by atoms with E-state index in [1.807, 2.05) is 0 Å². The highest BCUT2D eigenvalue weighted by Gasteiger charge is 2.22. The van der Waals surface area contributed by atoms with Crippen LogP contribution < -0.4 is 14.8 Å². The third-order valence-electron chi connectivity index (χ3n) is 4.64. The largest absolute Gasteiger partial charge is 0.492 e. The molecule has 0 fully saturated rings. The van der Waals surface area contributed by atoms with Crippen molar-refractivity contribution in [1.29, 1.82) is 0 Å². The van der Waals surface area contributed by atoms with E-state index in [1.54, 1.807) is 50.2 Å². The molecule has 0 unspecified atom stereocenters. The van der Waals surface area contributed by atoms with E-state index < -0.39 is 15.9 Å². The summed E-state index contributed by atoms with van der Waals surface area (Å²) >= 11 is 6.10. The van der Waals surface area contributed by atoms with E-state index in [0.717, 1.165) is 0 Å². The number of amides is 1. The number of halogens is 1. The number of anilines is 1. The van der Waals surface area contributed by atoms with E-state index in [4.69, 9.17) is 16.3 Å². The van der Waals surface area contributed by atoms with Crippen molar-refractivity contribution in [2.75, 3.05) is 18.5 Å². The van der Waals surface area contributed by atoms with E-state index in [0.29, 0.717) is 10.6 Å². The minimum atomic E-state index is -3.88. The van der Waals surface area contributed by atoms with Crippen molar-refractivity contribution in [3.63, 3.8) is 0 Å². The smallest absolute Gasteiger partial charge is 0.255 e. The Balaban J connectivity index is 1.97. The average Bonchev–Trinajstić information content (AvgIpc) is 2.80. The van der Waals surface area contributed by atoms with Gasteiger partial charge in [0.25, 0.3) is 5.91 Å². The highest BCUT2D eigenvalue weighted by Crippen LogP contribution is 2.27. The van der Waals surface area contributed by atoms with Gasteiger partial charge in [0.1, 0.15) is 10.6 Å². The third kappa shape index (κ3) is 5.78. The second-order valence-electron chi connectivity index (χ2n) is 6.94. The Kier molecular flexibility index (Phi) is 7.86. The molecular formula is C24H23ClN2O5S. The summed E-state index contributed by atoms with van der Waals surface area (Å²) in [6.45, 7) is 3.83. The molecule has 33 heavy (non-hydrogen) atoms. The number of hydrogen-bond acceptors (Lipinski definition) is 5. The van der Waals surface area contributed by atoms with Gasteiger partial charge in [0, 0.05) is 28.3 Å². The van der Waals surface area contributed by atoms with Gasteiger partial charge in [0.15, 0.2) is 5.78 Å². The number of nitrogens with one attached hydrogen (secondary N) is 2. The Labute approximate surface area is 197 Å². The average molecular weight is 487 g/mol. The van der Waals surface area contributed by atoms with Crippen LogP contribution in [-0.4, -0.2) is 33.3 Å². The van der Waals surface area contributed by atoms with Gasteiger partial charge in [0.2, 0.25) is 10.0 Å². The summed E-state index contributed by atoms with van der Waals surface area (Å²) in [5.74, 6) is -0.757. The quantitative estimate of drug-likeness (QED) is 0.433. The zero-order valence-electron chi connectivity index (χ0n) is 18.1. The van der Waals surface area contributed by atoms with Crippen LogP contribution >= 0.6 is 11.6 Å². The van der Waals surface area contributed by atoms with E-state index in [9.17, 15) is 18.0 Å². The molecule has 0 spiro atoms. The number of carbonyl (C=O) groups excluding carboxylic acids is 2. The molecule has 3 rings (SSSR count). The minimum Gasteiger partial charge on any atom is -0.492 e. The molecule has 0 saturated heterocycles. The molecule has 0 radical (unpaired) electrons. The molecule has 1 amide bonds. The van der Waals surface area contributed by atoms with Crippen molar-refractivity contribution in [1.82, 2.24) is 4.72 Å². The molecule has 172 valence electrons. The standard InChI is InChI=1S/C24H23ClN2O5S/c1-3-26-33(30,31)22-14-17(10-13-21(22)32-4-2)24(29)27-20-12-11-18(25)15-19(20)23(28)16-8-6-5-7-9-16/h5-15,26H,3-4H2,1-2H3,(H,27,29). The first kappa shape index (κ1) is 24.4. The predicted molar refractivity (Wildman–Crippen MR) is 128 cm³/mol. The Morgan fingerprint density at radius 2 is 1.67 bits per heavy atom. The van der Waals surface area contributed by atoms with Crippen LogP contribution in [0.2, 0.25) is 5.02 Å². The Morgan fingerprint density at radius 1 is 0.939 bits per heavy atom. The van der Waals surface area contributed by atoms with Crippen LogP contribution in [0.1, 0.15) is 40.1 Å². The van der Waals surface area contributed by atoms with Crippen LogP contribution in [0, 0.1) is 0 Å². The second kappa shape index (κ2) is 10.6. The number of hydrogen-bond donors (Lipinski definition) is 2. The van der Waals surface area contributed by atoms with Crippen molar-refractivity contribution in [2.45, 2.75) is 18.7 Å². The fourth-order valence-corrected chi connectivity index (χ4v) is 4.54. The van der Waals surface area contributed by atoms with Crippen LogP contribution in [0.25, 0.3) is 0 Å². The first-order valence-corrected chi connectivity index (χ1v) is 12.1. The molecule has 3 aromatic rings. The van der Waals surface area contributed by atoms with Crippen LogP contribution in [-0.2, 0) is 10.0 Å². The van der Waals surface area contributed by atoms with Gasteiger partial charge < -0.3 is 10.1 Å². The van der Waals surface area contributed by atoms with Gasteiger partial charge >= 0.3 is 0 Å². The highest BCUT2D eigenvalue weighted by atomic mass is 35.5. The summed E-state index contributed by atoms with van der Waals surface area (Å²) in [7, 11) is -3.88. The van der Waals surface area contributed by atoms with Gasteiger partial charge in [-0.25, -0.2) is 13.1 Å². The number of carbonyl (C=O) groups is 2. The zero-order chi connectivity index (χ0) is 24.0. The molecule has 0 bridgehead atoms. The zero-order valence-corrected chi connectivity index (χ0v) is 19.7. The lowest BCUT2D eigenvalue weighted by Gasteiger charge is -2.14. The van der Waals surface area contributed by atoms with Crippen molar-refractivity contribution >= 4 is 39.0 Å². The lowest BCUT2D eigenvalue weighted by molar-refractivity contribution is 0.102. The molecule has 2 N–H and O–H groups in total. The summed E-state index contributed by atoms with van der Waals surface area (Å²) in [6.07, 6.45) is 0. The van der Waals surface area contributed by atoms with E-state index in [2.05, 4.69) is 10.0 Å². The predicted octanol–water partition coefficient (Wildman–Crippen LogP) is 4.52. The molecule has 0 saturated carbocycles. The van der Waals surface area contributed by atoms with Gasteiger partial charge in [-0.15, -0.1) is 0 Å². The molecule has 0 aliphatic heterocycles. The van der Waals surface area contributed by atoms with Gasteiger partial charge in [0.05, 0.1) is 12.3 Å². The maximum Gasteiger partial charge on any atom is 0.255 e. The van der Waals surface area contributed by atoms with Gasteiger partial charge in [-0.1, -0.05) is 48.9 Å². The van der Waals surface area contributed by atoms with Gasteiger partial charge in [-0.3, -0.25) is 9.59 Å². The first-order chi connectivity index (χ1) is 15.8. The van der Waals surface area contributed by atoms with Crippen molar-refractivity contribution in [2.24, 2.45) is 0 Å². The van der Waals surface area contributed by atoms with Crippen LogP contribution in [0.4, 0.5) is 5.69 Å². The van der Waals surface area contributed by atoms with E-state index >= 15 is 0 Å². The molecule has 0 aliphatic rings. The van der Waals surface area contributed by atoms with Gasteiger partial charge in [-0.05, 0) is 43.3 Å². The Hall–Kier alpha value is -3.20. The molecule has 9 heteroatoms. The van der Waals surface area contributed by atoms with E-state index in [1.165, 1.54) is 30.3 Å². The molecule has 0 heterocycles. The fourth-order valence-electron chi connectivity index (χ4n) is 3.15.